The zero-order chi connectivity index (χ0) is 10.9. The first-order valence-corrected chi connectivity index (χ1v) is 5.66. The van der Waals surface area contributed by atoms with Crippen molar-refractivity contribution >= 4 is 5.78 Å². The summed E-state index contributed by atoms with van der Waals surface area (Å²) in [5, 5.41) is 3.80. The van der Waals surface area contributed by atoms with Gasteiger partial charge in [-0.3, -0.25) is 4.79 Å². The van der Waals surface area contributed by atoms with Gasteiger partial charge in [0.1, 0.15) is 5.78 Å². The Morgan fingerprint density at radius 2 is 2.33 bits per heavy atom. The van der Waals surface area contributed by atoms with E-state index in [1.165, 1.54) is 0 Å². The fourth-order valence-corrected chi connectivity index (χ4v) is 2.62. The van der Waals surface area contributed by atoms with E-state index >= 15 is 0 Å². The number of aromatic nitrogens is 1. The highest BCUT2D eigenvalue weighted by Gasteiger charge is 2.43. The molecule has 1 aliphatic rings. The average Bonchev–Trinajstić information content (AvgIpc) is 2.66. The van der Waals surface area contributed by atoms with Crippen LogP contribution in [-0.4, -0.2) is 10.9 Å². The highest BCUT2D eigenvalue weighted by molar-refractivity contribution is 5.90. The molecule has 1 aromatic rings. The molecular weight excluding hydrogens is 190 g/mol. The minimum absolute atomic E-state index is 0.330. The molecule has 1 aromatic heterocycles. The van der Waals surface area contributed by atoms with Crippen LogP contribution in [0.2, 0.25) is 0 Å². The second kappa shape index (κ2) is 3.80. The molecule has 0 N–H and O–H groups in total. The van der Waals surface area contributed by atoms with Crippen molar-refractivity contribution < 1.29 is 9.32 Å². The Labute approximate surface area is 89.8 Å². The van der Waals surface area contributed by atoms with Crippen molar-refractivity contribution in [1.82, 2.24) is 5.16 Å². The van der Waals surface area contributed by atoms with Crippen LogP contribution in [0.15, 0.2) is 10.7 Å². The minimum atomic E-state index is -0.376. The molecule has 1 heterocycles. The average molecular weight is 207 g/mol. The number of nitrogens with zero attached hydrogens (tertiary/aromatic N) is 1. The molecule has 0 aromatic carbocycles. The van der Waals surface area contributed by atoms with E-state index in [0.717, 1.165) is 37.0 Å². The number of carbonyl (C=O) groups is 1. The monoisotopic (exact) mass is 207 g/mol. The van der Waals surface area contributed by atoms with E-state index < -0.39 is 0 Å². The molecule has 0 amide bonds. The first-order chi connectivity index (χ1) is 7.20. The summed E-state index contributed by atoms with van der Waals surface area (Å²) >= 11 is 0. The van der Waals surface area contributed by atoms with Gasteiger partial charge in [0.2, 0.25) is 0 Å². The topological polar surface area (TPSA) is 43.1 Å². The lowest BCUT2D eigenvalue weighted by atomic mass is 9.69. The third-order valence-electron chi connectivity index (χ3n) is 3.58. The van der Waals surface area contributed by atoms with Crippen LogP contribution in [0.1, 0.15) is 50.4 Å². The number of Topliss-reactive ketones (excluding diaryl/α,β-unsaturated/α-hetero) is 1. The van der Waals surface area contributed by atoms with E-state index in [-0.39, 0.29) is 5.41 Å². The normalized spacial score (nSPS) is 26.9. The molecule has 15 heavy (non-hydrogen) atoms. The first-order valence-electron chi connectivity index (χ1n) is 5.66. The Bertz CT molecular complexity index is 369. The van der Waals surface area contributed by atoms with Gasteiger partial charge in [-0.25, -0.2) is 0 Å². The summed E-state index contributed by atoms with van der Waals surface area (Å²) < 4.78 is 5.30. The van der Waals surface area contributed by atoms with E-state index in [0.29, 0.717) is 12.2 Å². The minimum Gasteiger partial charge on any atom is -0.360 e. The smallest absolute Gasteiger partial charge is 0.153 e. The van der Waals surface area contributed by atoms with Crippen LogP contribution in [0, 0.1) is 6.92 Å². The van der Waals surface area contributed by atoms with E-state index in [2.05, 4.69) is 12.1 Å². The molecule has 1 saturated carbocycles. The molecule has 3 heteroatoms. The van der Waals surface area contributed by atoms with Crippen molar-refractivity contribution in [2.45, 2.75) is 51.4 Å². The molecule has 0 spiro atoms. The number of hydrogen-bond donors (Lipinski definition) is 0. The summed E-state index contributed by atoms with van der Waals surface area (Å²) in [6.45, 7) is 4.02. The summed E-state index contributed by atoms with van der Waals surface area (Å²) in [4.78, 5) is 12.1. The first kappa shape index (κ1) is 10.4. The lowest BCUT2D eigenvalue weighted by Gasteiger charge is -2.32. The number of hydrogen-bond acceptors (Lipinski definition) is 3. The van der Waals surface area contributed by atoms with Crippen LogP contribution < -0.4 is 0 Å². The van der Waals surface area contributed by atoms with Crippen molar-refractivity contribution in [3.8, 4) is 0 Å². The van der Waals surface area contributed by atoms with Crippen molar-refractivity contribution in [2.24, 2.45) is 0 Å². The lowest BCUT2D eigenvalue weighted by Crippen LogP contribution is -2.38. The Kier molecular flexibility index (Phi) is 2.63. The quantitative estimate of drug-likeness (QED) is 0.749. The molecule has 1 atom stereocenters. The number of aryl methyl sites for hydroxylation is 1. The fraction of sp³-hybridized carbons (Fsp3) is 0.667. The molecule has 0 bridgehead atoms. The van der Waals surface area contributed by atoms with Gasteiger partial charge >= 0.3 is 0 Å². The van der Waals surface area contributed by atoms with E-state index in [9.17, 15) is 4.79 Å². The molecule has 0 saturated heterocycles. The Hall–Kier alpha value is -1.12. The van der Waals surface area contributed by atoms with Crippen molar-refractivity contribution in [1.29, 1.82) is 0 Å². The zero-order valence-electron chi connectivity index (χ0n) is 9.38. The van der Waals surface area contributed by atoms with Gasteiger partial charge in [-0.05, 0) is 26.2 Å². The fourth-order valence-electron chi connectivity index (χ4n) is 2.62. The molecule has 2 rings (SSSR count). The molecule has 0 aliphatic heterocycles. The summed E-state index contributed by atoms with van der Waals surface area (Å²) in [6, 6.07) is 0. The van der Waals surface area contributed by atoms with E-state index in [1.807, 2.05) is 6.92 Å². The third-order valence-corrected chi connectivity index (χ3v) is 3.58. The summed E-state index contributed by atoms with van der Waals surface area (Å²) in [5.41, 5.74) is 0.630. The Balaban J connectivity index is 2.44. The van der Waals surface area contributed by atoms with Crippen LogP contribution >= 0.6 is 0 Å². The standard InChI is InChI=1S/C12H17NO2/c1-3-12(7-5-4-6-10(12)14)11-9(2)8-13-15-11/h8H,3-7H2,1-2H3/t12-/m0/s1. The SMILES string of the molecule is CC[C@]1(c2oncc2C)CCCCC1=O. The number of ketones is 1. The van der Waals surface area contributed by atoms with E-state index in [1.54, 1.807) is 6.20 Å². The van der Waals surface area contributed by atoms with Crippen LogP contribution in [0.5, 0.6) is 0 Å². The van der Waals surface area contributed by atoms with E-state index in [4.69, 9.17) is 4.52 Å². The van der Waals surface area contributed by atoms with Crippen molar-refractivity contribution in [2.75, 3.05) is 0 Å². The van der Waals surface area contributed by atoms with Gasteiger partial charge < -0.3 is 4.52 Å². The van der Waals surface area contributed by atoms with Crippen LogP contribution in [0.25, 0.3) is 0 Å². The molecule has 1 aliphatic carbocycles. The predicted octanol–water partition coefficient (Wildman–Crippen LogP) is 2.77. The summed E-state index contributed by atoms with van der Waals surface area (Å²) in [6.07, 6.45) is 6.26. The lowest BCUT2D eigenvalue weighted by molar-refractivity contribution is -0.127. The summed E-state index contributed by atoms with van der Waals surface area (Å²) in [7, 11) is 0. The molecule has 0 radical (unpaired) electrons. The summed E-state index contributed by atoms with van der Waals surface area (Å²) in [5.74, 6) is 1.13. The third kappa shape index (κ3) is 1.50. The Morgan fingerprint density at radius 1 is 1.53 bits per heavy atom. The van der Waals surface area contributed by atoms with Crippen LogP contribution in [0.4, 0.5) is 0 Å². The van der Waals surface area contributed by atoms with Gasteiger partial charge in [-0.1, -0.05) is 18.5 Å². The van der Waals surface area contributed by atoms with Crippen molar-refractivity contribution in [3.05, 3.63) is 17.5 Å². The molecule has 0 unspecified atom stereocenters. The molecule has 82 valence electrons. The molecular formula is C12H17NO2. The van der Waals surface area contributed by atoms with Crippen LogP contribution in [-0.2, 0) is 10.2 Å². The number of rotatable bonds is 2. The zero-order valence-corrected chi connectivity index (χ0v) is 9.38. The van der Waals surface area contributed by atoms with Gasteiger partial charge in [-0.15, -0.1) is 0 Å². The highest BCUT2D eigenvalue weighted by Crippen LogP contribution is 2.40. The maximum absolute atomic E-state index is 12.1. The highest BCUT2D eigenvalue weighted by atomic mass is 16.5. The predicted molar refractivity (Wildman–Crippen MR) is 56.7 cm³/mol. The van der Waals surface area contributed by atoms with Gasteiger partial charge in [0.05, 0.1) is 11.6 Å². The van der Waals surface area contributed by atoms with Gasteiger partial charge in [-0.2, -0.15) is 0 Å². The van der Waals surface area contributed by atoms with Gasteiger partial charge in [0.15, 0.2) is 5.76 Å². The van der Waals surface area contributed by atoms with Gasteiger partial charge in [0, 0.05) is 12.0 Å². The van der Waals surface area contributed by atoms with Crippen molar-refractivity contribution in [3.63, 3.8) is 0 Å². The number of carbonyl (C=O) groups excluding carboxylic acids is 1. The molecule has 3 nitrogen and oxygen atoms in total. The van der Waals surface area contributed by atoms with Gasteiger partial charge in [0.25, 0.3) is 0 Å². The maximum Gasteiger partial charge on any atom is 0.153 e. The second-order valence-corrected chi connectivity index (χ2v) is 4.40. The Morgan fingerprint density at radius 3 is 2.87 bits per heavy atom. The largest absolute Gasteiger partial charge is 0.360 e. The second-order valence-electron chi connectivity index (χ2n) is 4.40. The molecule has 1 fully saturated rings. The van der Waals surface area contributed by atoms with Crippen LogP contribution in [0.3, 0.4) is 0 Å². The maximum atomic E-state index is 12.1.